The zero-order valence-electron chi connectivity index (χ0n) is 11.8. The minimum atomic E-state index is -0.629. The average molecular weight is 310 g/mol. The van der Waals surface area contributed by atoms with Crippen molar-refractivity contribution in [2.75, 3.05) is 7.11 Å². The number of amides is 3. The molecule has 2 N–H and O–H groups in total. The predicted octanol–water partition coefficient (Wildman–Crippen LogP) is 0.537. The van der Waals surface area contributed by atoms with Crippen LogP contribution in [0.25, 0.3) is 0 Å². The lowest BCUT2D eigenvalue weighted by molar-refractivity contribution is -0.138. The highest BCUT2D eigenvalue weighted by Crippen LogP contribution is 2.49. The Labute approximate surface area is 127 Å². The number of nitrogens with one attached hydrogen (secondary N) is 2. The molecule has 3 unspecified atom stereocenters. The smallest absolute Gasteiger partial charge is 0.249 e. The molecule has 21 heavy (non-hydrogen) atoms. The van der Waals surface area contributed by atoms with Gasteiger partial charge in [-0.2, -0.15) is 0 Å². The van der Waals surface area contributed by atoms with Crippen LogP contribution in [0.5, 0.6) is 0 Å². The standard InChI is InChI=1S/C14H18N2O4S/c1-20-14-8(6-10(21-14)7-2-3-7)12(18)15-9-4-5-11(17)16-13(9)19/h6-9,14H,2-5H2,1H3,(H,15,18)(H,16,17,19). The first kappa shape index (κ1) is 14.6. The van der Waals surface area contributed by atoms with Gasteiger partial charge >= 0.3 is 0 Å². The number of rotatable bonds is 4. The fourth-order valence-corrected chi connectivity index (χ4v) is 3.96. The Balaban J connectivity index is 1.63. The number of hydrogen-bond acceptors (Lipinski definition) is 5. The summed E-state index contributed by atoms with van der Waals surface area (Å²) in [6.45, 7) is 0. The first-order valence-corrected chi connectivity index (χ1v) is 8.01. The molecular weight excluding hydrogens is 292 g/mol. The molecule has 3 atom stereocenters. The largest absolute Gasteiger partial charge is 0.369 e. The van der Waals surface area contributed by atoms with E-state index in [2.05, 4.69) is 10.6 Å². The maximum atomic E-state index is 12.4. The van der Waals surface area contributed by atoms with Gasteiger partial charge in [-0.05, 0) is 30.1 Å². The molecule has 2 heterocycles. The van der Waals surface area contributed by atoms with Crippen molar-refractivity contribution in [3.05, 3.63) is 11.0 Å². The van der Waals surface area contributed by atoms with Crippen molar-refractivity contribution in [2.45, 2.75) is 37.2 Å². The van der Waals surface area contributed by atoms with Crippen LogP contribution < -0.4 is 10.6 Å². The second-order valence-electron chi connectivity index (χ2n) is 5.60. The molecule has 0 bridgehead atoms. The summed E-state index contributed by atoms with van der Waals surface area (Å²) < 4.78 is 5.38. The summed E-state index contributed by atoms with van der Waals surface area (Å²) in [5.74, 6) is -0.709. The Morgan fingerprint density at radius 1 is 1.38 bits per heavy atom. The van der Waals surface area contributed by atoms with Crippen LogP contribution in [0, 0.1) is 11.8 Å². The van der Waals surface area contributed by atoms with Gasteiger partial charge in [-0.15, -0.1) is 0 Å². The molecule has 6 nitrogen and oxygen atoms in total. The van der Waals surface area contributed by atoms with Crippen LogP contribution in [0.3, 0.4) is 0 Å². The second-order valence-corrected chi connectivity index (χ2v) is 6.78. The Morgan fingerprint density at radius 3 is 2.76 bits per heavy atom. The van der Waals surface area contributed by atoms with E-state index in [1.807, 2.05) is 6.08 Å². The molecule has 7 heteroatoms. The van der Waals surface area contributed by atoms with Crippen molar-refractivity contribution >= 4 is 29.5 Å². The van der Waals surface area contributed by atoms with Crippen molar-refractivity contribution in [1.82, 2.24) is 10.6 Å². The summed E-state index contributed by atoms with van der Waals surface area (Å²) in [6, 6.07) is -0.629. The SMILES string of the molecule is COC1SC(C2CC2)=CC1C(=O)NC1CCC(=O)NC1=O. The normalized spacial score (nSPS) is 32.6. The molecule has 3 amide bonds. The van der Waals surface area contributed by atoms with E-state index in [0.29, 0.717) is 12.3 Å². The third-order valence-corrected chi connectivity index (χ3v) is 5.42. The van der Waals surface area contributed by atoms with Crippen LogP contribution in [0.15, 0.2) is 11.0 Å². The average Bonchev–Trinajstić information content (AvgIpc) is 3.21. The molecule has 1 saturated heterocycles. The number of piperidine rings is 1. The molecule has 0 aromatic carbocycles. The van der Waals surface area contributed by atoms with Crippen LogP contribution in [-0.4, -0.2) is 36.3 Å². The summed E-state index contributed by atoms with van der Waals surface area (Å²) in [5.41, 5.74) is -0.228. The van der Waals surface area contributed by atoms with Crippen molar-refractivity contribution in [3.8, 4) is 0 Å². The summed E-state index contributed by atoms with van der Waals surface area (Å²) in [4.78, 5) is 36.4. The molecule has 114 valence electrons. The van der Waals surface area contributed by atoms with E-state index in [1.54, 1.807) is 18.9 Å². The lowest BCUT2D eigenvalue weighted by Gasteiger charge is -2.24. The summed E-state index contributed by atoms with van der Waals surface area (Å²) in [7, 11) is 1.59. The quantitative estimate of drug-likeness (QED) is 0.740. The van der Waals surface area contributed by atoms with Gasteiger partial charge in [-0.25, -0.2) is 0 Å². The Kier molecular flexibility index (Phi) is 4.03. The first-order chi connectivity index (χ1) is 10.1. The Bertz CT molecular complexity index is 515. The highest BCUT2D eigenvalue weighted by atomic mass is 32.2. The molecule has 2 fully saturated rings. The number of ether oxygens (including phenoxy) is 1. The molecule has 3 rings (SSSR count). The Hall–Kier alpha value is -1.34. The summed E-state index contributed by atoms with van der Waals surface area (Å²) in [5, 5.41) is 4.98. The van der Waals surface area contributed by atoms with Crippen LogP contribution in [-0.2, 0) is 19.1 Å². The van der Waals surface area contributed by atoms with E-state index in [9.17, 15) is 14.4 Å². The van der Waals surface area contributed by atoms with Crippen LogP contribution >= 0.6 is 11.8 Å². The van der Waals surface area contributed by atoms with E-state index in [-0.39, 0.29) is 29.6 Å². The number of carbonyl (C=O) groups is 3. The third kappa shape index (κ3) is 3.13. The molecular formula is C14H18N2O4S. The molecule has 0 spiro atoms. The van der Waals surface area contributed by atoms with E-state index in [1.165, 1.54) is 17.7 Å². The number of allylic oxidation sites excluding steroid dienone is 1. The van der Waals surface area contributed by atoms with Gasteiger partial charge in [0.05, 0.1) is 5.92 Å². The van der Waals surface area contributed by atoms with Gasteiger partial charge in [0.15, 0.2) is 0 Å². The number of hydrogen-bond donors (Lipinski definition) is 2. The lowest BCUT2D eigenvalue weighted by atomic mass is 10.0. The third-order valence-electron chi connectivity index (χ3n) is 3.96. The molecule has 0 aromatic heterocycles. The van der Waals surface area contributed by atoms with E-state index in [4.69, 9.17) is 4.74 Å². The topological polar surface area (TPSA) is 84.5 Å². The number of methoxy groups -OCH3 is 1. The van der Waals surface area contributed by atoms with Gasteiger partial charge < -0.3 is 10.1 Å². The molecule has 0 aromatic rings. The number of thioether (sulfide) groups is 1. The first-order valence-electron chi connectivity index (χ1n) is 7.13. The van der Waals surface area contributed by atoms with Gasteiger partial charge in [-0.3, -0.25) is 19.7 Å². The van der Waals surface area contributed by atoms with E-state index < -0.39 is 11.9 Å². The summed E-state index contributed by atoms with van der Waals surface area (Å²) >= 11 is 1.60. The second kappa shape index (κ2) is 5.81. The van der Waals surface area contributed by atoms with E-state index in [0.717, 1.165) is 0 Å². The maximum absolute atomic E-state index is 12.4. The van der Waals surface area contributed by atoms with Crippen LogP contribution in [0.1, 0.15) is 25.7 Å². The van der Waals surface area contributed by atoms with Gasteiger partial charge in [0.1, 0.15) is 11.5 Å². The van der Waals surface area contributed by atoms with Gasteiger partial charge in [0, 0.05) is 13.5 Å². The van der Waals surface area contributed by atoms with Crippen molar-refractivity contribution in [3.63, 3.8) is 0 Å². The molecule has 3 aliphatic rings. The fourth-order valence-electron chi connectivity index (χ4n) is 2.60. The van der Waals surface area contributed by atoms with Crippen molar-refractivity contribution in [2.24, 2.45) is 11.8 Å². The Morgan fingerprint density at radius 2 is 2.14 bits per heavy atom. The van der Waals surface area contributed by atoms with Gasteiger partial charge in [-0.1, -0.05) is 17.8 Å². The highest BCUT2D eigenvalue weighted by Gasteiger charge is 2.40. The van der Waals surface area contributed by atoms with Crippen LogP contribution in [0.4, 0.5) is 0 Å². The molecule has 0 radical (unpaired) electrons. The zero-order chi connectivity index (χ0) is 15.0. The zero-order valence-corrected chi connectivity index (χ0v) is 12.6. The van der Waals surface area contributed by atoms with E-state index >= 15 is 0 Å². The summed E-state index contributed by atoms with van der Waals surface area (Å²) in [6.07, 6.45) is 4.94. The highest BCUT2D eigenvalue weighted by molar-refractivity contribution is 8.03. The van der Waals surface area contributed by atoms with Gasteiger partial charge in [0.25, 0.3) is 0 Å². The predicted molar refractivity (Wildman–Crippen MR) is 77.0 cm³/mol. The number of imide groups is 1. The minimum Gasteiger partial charge on any atom is -0.369 e. The number of carbonyl (C=O) groups excluding carboxylic acids is 3. The molecule has 1 saturated carbocycles. The fraction of sp³-hybridized carbons (Fsp3) is 0.643. The van der Waals surface area contributed by atoms with Crippen molar-refractivity contribution < 1.29 is 19.1 Å². The maximum Gasteiger partial charge on any atom is 0.249 e. The minimum absolute atomic E-state index is 0.209. The van der Waals surface area contributed by atoms with Crippen LogP contribution in [0.2, 0.25) is 0 Å². The van der Waals surface area contributed by atoms with Crippen molar-refractivity contribution in [1.29, 1.82) is 0 Å². The molecule has 2 aliphatic heterocycles. The van der Waals surface area contributed by atoms with Gasteiger partial charge in [0.2, 0.25) is 17.7 Å². The monoisotopic (exact) mass is 310 g/mol. The lowest BCUT2D eigenvalue weighted by Crippen LogP contribution is -2.53. The molecule has 1 aliphatic carbocycles.